The number of nitrogens with zero attached hydrogens (tertiary/aromatic N) is 2. The molecule has 1 heterocycles. The summed E-state index contributed by atoms with van der Waals surface area (Å²) in [5.41, 5.74) is 3.69. The first-order chi connectivity index (χ1) is 14.6. The molecule has 5 nitrogen and oxygen atoms in total. The van der Waals surface area contributed by atoms with Crippen molar-refractivity contribution in [3.63, 3.8) is 0 Å². The number of pyridine rings is 1. The molecule has 2 aromatic carbocycles. The van der Waals surface area contributed by atoms with Gasteiger partial charge in [0.1, 0.15) is 12.4 Å². The van der Waals surface area contributed by atoms with Gasteiger partial charge in [-0.1, -0.05) is 18.2 Å². The quantitative estimate of drug-likeness (QED) is 0.556. The fourth-order valence-corrected chi connectivity index (χ4v) is 3.28. The van der Waals surface area contributed by atoms with E-state index in [-0.39, 0.29) is 5.91 Å². The van der Waals surface area contributed by atoms with E-state index < -0.39 is 0 Å². The number of hydrogen-bond donors (Lipinski definition) is 1. The van der Waals surface area contributed by atoms with Crippen molar-refractivity contribution in [2.75, 3.05) is 11.4 Å². The zero-order valence-electron chi connectivity index (χ0n) is 17.8. The molecule has 1 aromatic heterocycles. The molecular weight excluding hydrogens is 374 g/mol. The smallest absolute Gasteiger partial charge is 0.251 e. The fraction of sp³-hybridized carbons (Fsp3) is 0.280. The number of rotatable bonds is 9. The lowest BCUT2D eigenvalue weighted by Crippen LogP contribution is -2.30. The fourth-order valence-electron chi connectivity index (χ4n) is 3.28. The van der Waals surface area contributed by atoms with Crippen molar-refractivity contribution in [3.05, 3.63) is 89.7 Å². The first-order valence-corrected chi connectivity index (χ1v) is 10.3. The van der Waals surface area contributed by atoms with E-state index in [9.17, 15) is 4.79 Å². The van der Waals surface area contributed by atoms with Crippen LogP contribution in [0.4, 0.5) is 5.69 Å². The molecule has 0 bridgehead atoms. The summed E-state index contributed by atoms with van der Waals surface area (Å²) in [6, 6.07) is 21.7. The van der Waals surface area contributed by atoms with Crippen molar-refractivity contribution in [3.8, 4) is 5.75 Å². The van der Waals surface area contributed by atoms with E-state index in [2.05, 4.69) is 36.0 Å². The van der Waals surface area contributed by atoms with E-state index in [0.717, 1.165) is 29.2 Å². The van der Waals surface area contributed by atoms with Gasteiger partial charge < -0.3 is 15.0 Å². The molecule has 0 aliphatic carbocycles. The second kappa shape index (κ2) is 10.4. The van der Waals surface area contributed by atoms with Crippen molar-refractivity contribution >= 4 is 11.6 Å². The number of aromatic nitrogens is 1. The molecule has 3 aromatic rings. The van der Waals surface area contributed by atoms with Gasteiger partial charge in [-0.05, 0) is 74.9 Å². The second-order valence-electron chi connectivity index (χ2n) is 7.36. The van der Waals surface area contributed by atoms with E-state index in [4.69, 9.17) is 4.74 Å². The standard InChI is InChI=1S/C25H29N3O2/c1-4-28(19(2)3)23-12-10-21(11-13-23)25(29)27-17-20-8-14-24(15-9-20)30-18-22-7-5-6-16-26-22/h5-16,19H,4,17-18H2,1-3H3,(H,27,29). The van der Waals surface area contributed by atoms with Crippen molar-refractivity contribution in [1.82, 2.24) is 10.3 Å². The maximum absolute atomic E-state index is 12.5. The highest BCUT2D eigenvalue weighted by Crippen LogP contribution is 2.18. The van der Waals surface area contributed by atoms with Crippen molar-refractivity contribution in [1.29, 1.82) is 0 Å². The Kier molecular flexibility index (Phi) is 7.44. The summed E-state index contributed by atoms with van der Waals surface area (Å²) < 4.78 is 5.74. The lowest BCUT2D eigenvalue weighted by atomic mass is 10.1. The highest BCUT2D eigenvalue weighted by Gasteiger charge is 2.10. The minimum atomic E-state index is -0.0791. The lowest BCUT2D eigenvalue weighted by molar-refractivity contribution is 0.0951. The number of hydrogen-bond acceptors (Lipinski definition) is 4. The van der Waals surface area contributed by atoms with E-state index in [0.29, 0.717) is 24.8 Å². The van der Waals surface area contributed by atoms with Gasteiger partial charge in [-0.25, -0.2) is 0 Å². The van der Waals surface area contributed by atoms with Crippen LogP contribution in [0.1, 0.15) is 42.4 Å². The van der Waals surface area contributed by atoms with Crippen molar-refractivity contribution < 1.29 is 9.53 Å². The molecule has 0 fully saturated rings. The van der Waals surface area contributed by atoms with Crippen LogP contribution in [0.25, 0.3) is 0 Å². The van der Waals surface area contributed by atoms with Gasteiger partial charge in [0.05, 0.1) is 5.69 Å². The van der Waals surface area contributed by atoms with E-state index in [1.54, 1.807) is 6.20 Å². The number of benzene rings is 2. The Bertz CT molecular complexity index is 923. The van der Waals surface area contributed by atoms with Gasteiger partial charge in [-0.15, -0.1) is 0 Å². The maximum Gasteiger partial charge on any atom is 0.251 e. The number of anilines is 1. The third-order valence-electron chi connectivity index (χ3n) is 4.91. The summed E-state index contributed by atoms with van der Waals surface area (Å²) >= 11 is 0. The Hall–Kier alpha value is -3.34. The summed E-state index contributed by atoms with van der Waals surface area (Å²) in [6.07, 6.45) is 1.75. The molecule has 1 amide bonds. The first-order valence-electron chi connectivity index (χ1n) is 10.3. The number of ether oxygens (including phenoxy) is 1. The van der Waals surface area contributed by atoms with E-state index in [1.165, 1.54) is 0 Å². The minimum absolute atomic E-state index is 0.0791. The molecule has 3 rings (SSSR count). The average molecular weight is 404 g/mol. The second-order valence-corrected chi connectivity index (χ2v) is 7.36. The van der Waals surface area contributed by atoms with Crippen LogP contribution < -0.4 is 15.0 Å². The molecule has 0 saturated carbocycles. The Morgan fingerprint density at radius 2 is 1.77 bits per heavy atom. The Balaban J connectivity index is 1.50. The number of carbonyl (C=O) groups is 1. The van der Waals surface area contributed by atoms with E-state index in [1.807, 2.05) is 66.7 Å². The van der Waals surface area contributed by atoms with Crippen LogP contribution in [0.5, 0.6) is 5.75 Å². The van der Waals surface area contributed by atoms with Crippen LogP contribution in [-0.2, 0) is 13.2 Å². The third kappa shape index (κ3) is 5.83. The van der Waals surface area contributed by atoms with Gasteiger partial charge in [-0.2, -0.15) is 0 Å². The predicted octanol–water partition coefficient (Wildman–Crippen LogP) is 4.83. The number of amides is 1. The third-order valence-corrected chi connectivity index (χ3v) is 4.91. The Morgan fingerprint density at radius 3 is 2.37 bits per heavy atom. The first kappa shape index (κ1) is 21.4. The van der Waals surface area contributed by atoms with Crippen LogP contribution in [0.15, 0.2) is 72.9 Å². The molecule has 0 aliphatic heterocycles. The zero-order chi connectivity index (χ0) is 21.3. The molecule has 1 N–H and O–H groups in total. The highest BCUT2D eigenvalue weighted by atomic mass is 16.5. The highest BCUT2D eigenvalue weighted by molar-refractivity contribution is 5.94. The Labute approximate surface area is 178 Å². The molecule has 30 heavy (non-hydrogen) atoms. The molecule has 0 unspecified atom stereocenters. The zero-order valence-corrected chi connectivity index (χ0v) is 17.8. The summed E-state index contributed by atoms with van der Waals surface area (Å²) in [5.74, 6) is 0.696. The molecule has 0 radical (unpaired) electrons. The van der Waals surface area contributed by atoms with E-state index >= 15 is 0 Å². The van der Waals surface area contributed by atoms with Crippen LogP contribution >= 0.6 is 0 Å². The summed E-state index contributed by atoms with van der Waals surface area (Å²) in [5, 5.41) is 2.97. The van der Waals surface area contributed by atoms with Crippen LogP contribution in [0.2, 0.25) is 0 Å². The van der Waals surface area contributed by atoms with Crippen LogP contribution in [-0.4, -0.2) is 23.5 Å². The van der Waals surface area contributed by atoms with Crippen LogP contribution in [0, 0.1) is 0 Å². The van der Waals surface area contributed by atoms with Gasteiger partial charge in [-0.3, -0.25) is 9.78 Å². The van der Waals surface area contributed by atoms with Gasteiger partial charge >= 0.3 is 0 Å². The molecular formula is C25H29N3O2. The summed E-state index contributed by atoms with van der Waals surface area (Å²) in [6.45, 7) is 8.30. The molecule has 0 spiro atoms. The molecule has 5 heteroatoms. The van der Waals surface area contributed by atoms with Crippen molar-refractivity contribution in [2.45, 2.75) is 40.0 Å². The SMILES string of the molecule is CCN(c1ccc(C(=O)NCc2ccc(OCc3ccccn3)cc2)cc1)C(C)C. The topological polar surface area (TPSA) is 54.5 Å². The average Bonchev–Trinajstić information content (AvgIpc) is 2.78. The van der Waals surface area contributed by atoms with Gasteiger partial charge in [0.15, 0.2) is 0 Å². The minimum Gasteiger partial charge on any atom is -0.487 e. The lowest BCUT2D eigenvalue weighted by Gasteiger charge is -2.27. The number of carbonyl (C=O) groups excluding carboxylic acids is 1. The maximum atomic E-state index is 12.5. The largest absolute Gasteiger partial charge is 0.487 e. The molecule has 156 valence electrons. The molecule has 0 saturated heterocycles. The van der Waals surface area contributed by atoms with Gasteiger partial charge in [0, 0.05) is 36.6 Å². The summed E-state index contributed by atoms with van der Waals surface area (Å²) in [4.78, 5) is 19.0. The van der Waals surface area contributed by atoms with Gasteiger partial charge in [0.25, 0.3) is 5.91 Å². The number of nitrogens with one attached hydrogen (secondary N) is 1. The monoisotopic (exact) mass is 403 g/mol. The summed E-state index contributed by atoms with van der Waals surface area (Å²) in [7, 11) is 0. The predicted molar refractivity (Wildman–Crippen MR) is 121 cm³/mol. The molecule has 0 atom stereocenters. The van der Waals surface area contributed by atoms with Gasteiger partial charge in [0.2, 0.25) is 0 Å². The Morgan fingerprint density at radius 1 is 1.03 bits per heavy atom. The van der Waals surface area contributed by atoms with Crippen LogP contribution in [0.3, 0.4) is 0 Å². The molecule has 0 aliphatic rings. The van der Waals surface area contributed by atoms with Crippen molar-refractivity contribution in [2.24, 2.45) is 0 Å². The normalized spacial score (nSPS) is 10.7.